The summed E-state index contributed by atoms with van der Waals surface area (Å²) in [6.45, 7) is 6.03. The van der Waals surface area contributed by atoms with Crippen LogP contribution in [0.4, 0.5) is 0 Å². The van der Waals surface area contributed by atoms with Crippen molar-refractivity contribution in [1.82, 2.24) is 5.32 Å². The summed E-state index contributed by atoms with van der Waals surface area (Å²) in [7, 11) is 0. The molecule has 1 aliphatic carbocycles. The molecule has 0 bridgehead atoms. The Labute approximate surface area is 105 Å². The van der Waals surface area contributed by atoms with Gasteiger partial charge in [-0.25, -0.2) is 0 Å². The van der Waals surface area contributed by atoms with Gasteiger partial charge in [0.05, 0.1) is 6.54 Å². The van der Waals surface area contributed by atoms with Gasteiger partial charge in [0.25, 0.3) is 0 Å². The van der Waals surface area contributed by atoms with E-state index in [1.165, 1.54) is 32.1 Å². The van der Waals surface area contributed by atoms with E-state index in [1.54, 1.807) is 0 Å². The zero-order valence-corrected chi connectivity index (χ0v) is 11.4. The molecule has 1 rings (SSSR count). The molecule has 1 saturated carbocycles. The van der Waals surface area contributed by atoms with Crippen molar-refractivity contribution in [2.24, 2.45) is 0 Å². The van der Waals surface area contributed by atoms with Crippen LogP contribution in [0.5, 0.6) is 0 Å². The first-order chi connectivity index (χ1) is 6.97. The van der Waals surface area contributed by atoms with Gasteiger partial charge in [-0.05, 0) is 33.6 Å². The lowest BCUT2D eigenvalue weighted by Gasteiger charge is -2.24. The predicted octanol–water partition coefficient (Wildman–Crippen LogP) is 2.67. The number of ether oxygens (including phenoxy) is 1. The quantitative estimate of drug-likeness (QED) is 0.782. The monoisotopic (exact) mass is 249 g/mol. The van der Waals surface area contributed by atoms with E-state index in [2.05, 4.69) is 5.32 Å². The maximum Gasteiger partial charge on any atom is 0.320 e. The molecule has 96 valence electrons. The molecular formula is C12H24ClNO2. The topological polar surface area (TPSA) is 38.3 Å². The maximum atomic E-state index is 11.4. The van der Waals surface area contributed by atoms with E-state index in [9.17, 15) is 4.79 Å². The first kappa shape index (κ1) is 15.7. The minimum atomic E-state index is -0.370. The number of halogens is 1. The molecular weight excluding hydrogens is 226 g/mol. The predicted molar refractivity (Wildman–Crippen MR) is 68.0 cm³/mol. The minimum Gasteiger partial charge on any atom is -0.459 e. The third-order valence-electron chi connectivity index (χ3n) is 2.56. The lowest BCUT2D eigenvalue weighted by atomic mass is 9.95. The number of rotatable bonds is 3. The third-order valence-corrected chi connectivity index (χ3v) is 2.56. The van der Waals surface area contributed by atoms with E-state index in [-0.39, 0.29) is 24.0 Å². The summed E-state index contributed by atoms with van der Waals surface area (Å²) in [6, 6.07) is 0.520. The Hall–Kier alpha value is -0.280. The minimum absolute atomic E-state index is 0. The van der Waals surface area contributed by atoms with Crippen LogP contribution in [0.3, 0.4) is 0 Å². The lowest BCUT2D eigenvalue weighted by molar-refractivity contribution is -0.153. The van der Waals surface area contributed by atoms with Gasteiger partial charge in [0, 0.05) is 6.04 Å². The molecule has 0 aromatic rings. The Morgan fingerprint density at radius 1 is 1.25 bits per heavy atom. The zero-order chi connectivity index (χ0) is 11.3. The van der Waals surface area contributed by atoms with Gasteiger partial charge in [-0.2, -0.15) is 0 Å². The fraction of sp³-hybridized carbons (Fsp3) is 0.917. The van der Waals surface area contributed by atoms with Crippen molar-refractivity contribution in [3.63, 3.8) is 0 Å². The SMILES string of the molecule is CC(C)(C)OC(=O)CNC1CCCCC1.Cl. The number of nitrogens with one attached hydrogen (secondary N) is 1. The second-order valence-corrected chi connectivity index (χ2v) is 5.30. The van der Waals surface area contributed by atoms with Crippen LogP contribution < -0.4 is 5.32 Å². The van der Waals surface area contributed by atoms with Crippen molar-refractivity contribution < 1.29 is 9.53 Å². The second kappa shape index (κ2) is 7.13. The van der Waals surface area contributed by atoms with Gasteiger partial charge in [0.15, 0.2) is 0 Å². The van der Waals surface area contributed by atoms with Crippen LogP contribution in [0.25, 0.3) is 0 Å². The van der Waals surface area contributed by atoms with E-state index in [0.717, 1.165) is 0 Å². The Bertz CT molecular complexity index is 208. The summed E-state index contributed by atoms with van der Waals surface area (Å²) in [4.78, 5) is 11.4. The molecule has 4 heteroatoms. The zero-order valence-electron chi connectivity index (χ0n) is 10.5. The van der Waals surface area contributed by atoms with Gasteiger partial charge < -0.3 is 10.1 Å². The average Bonchev–Trinajstić information content (AvgIpc) is 2.14. The molecule has 1 N–H and O–H groups in total. The van der Waals surface area contributed by atoms with Crippen LogP contribution in [0.2, 0.25) is 0 Å². The van der Waals surface area contributed by atoms with E-state index < -0.39 is 0 Å². The highest BCUT2D eigenvalue weighted by Gasteiger charge is 2.18. The smallest absolute Gasteiger partial charge is 0.320 e. The molecule has 0 radical (unpaired) electrons. The Kier molecular flexibility index (Phi) is 7.00. The van der Waals surface area contributed by atoms with Gasteiger partial charge in [-0.3, -0.25) is 4.79 Å². The Morgan fingerprint density at radius 2 is 1.81 bits per heavy atom. The summed E-state index contributed by atoms with van der Waals surface area (Å²) in [5.41, 5.74) is -0.370. The van der Waals surface area contributed by atoms with Gasteiger partial charge in [0.1, 0.15) is 5.60 Å². The normalized spacial score (nSPS) is 17.7. The molecule has 0 unspecified atom stereocenters. The summed E-state index contributed by atoms with van der Waals surface area (Å²) < 4.78 is 5.23. The van der Waals surface area contributed by atoms with E-state index in [1.807, 2.05) is 20.8 Å². The van der Waals surface area contributed by atoms with Crippen molar-refractivity contribution >= 4 is 18.4 Å². The van der Waals surface area contributed by atoms with Crippen molar-refractivity contribution in [1.29, 1.82) is 0 Å². The van der Waals surface area contributed by atoms with E-state index in [0.29, 0.717) is 12.6 Å². The highest BCUT2D eigenvalue weighted by Crippen LogP contribution is 2.17. The summed E-state index contributed by atoms with van der Waals surface area (Å²) in [5.74, 6) is -0.145. The molecule has 16 heavy (non-hydrogen) atoms. The second-order valence-electron chi connectivity index (χ2n) is 5.30. The molecule has 0 spiro atoms. The van der Waals surface area contributed by atoms with Crippen LogP contribution >= 0.6 is 12.4 Å². The molecule has 1 fully saturated rings. The summed E-state index contributed by atoms with van der Waals surface area (Å²) >= 11 is 0. The molecule has 0 saturated heterocycles. The van der Waals surface area contributed by atoms with Crippen molar-refractivity contribution in [3.8, 4) is 0 Å². The molecule has 0 aliphatic heterocycles. The van der Waals surface area contributed by atoms with Gasteiger partial charge in [-0.15, -0.1) is 12.4 Å². The number of esters is 1. The van der Waals surface area contributed by atoms with Crippen LogP contribution in [0, 0.1) is 0 Å². The largest absolute Gasteiger partial charge is 0.459 e. The Balaban J connectivity index is 0.00000225. The van der Waals surface area contributed by atoms with Gasteiger partial charge in [-0.1, -0.05) is 19.3 Å². The Morgan fingerprint density at radius 3 is 2.31 bits per heavy atom. The summed E-state index contributed by atoms with van der Waals surface area (Å²) in [6.07, 6.45) is 6.30. The third kappa shape index (κ3) is 7.07. The van der Waals surface area contributed by atoms with Crippen LogP contribution in [-0.2, 0) is 9.53 Å². The highest BCUT2D eigenvalue weighted by molar-refractivity contribution is 5.85. The molecule has 1 aliphatic rings. The molecule has 0 atom stereocenters. The lowest BCUT2D eigenvalue weighted by Crippen LogP contribution is -2.38. The number of hydrogen-bond acceptors (Lipinski definition) is 3. The van der Waals surface area contributed by atoms with Gasteiger partial charge in [0.2, 0.25) is 0 Å². The van der Waals surface area contributed by atoms with Crippen LogP contribution in [-0.4, -0.2) is 24.2 Å². The number of carbonyl (C=O) groups is 1. The number of carbonyl (C=O) groups excluding carboxylic acids is 1. The van der Waals surface area contributed by atoms with Crippen LogP contribution in [0.15, 0.2) is 0 Å². The van der Waals surface area contributed by atoms with Crippen molar-refractivity contribution in [3.05, 3.63) is 0 Å². The highest BCUT2D eigenvalue weighted by atomic mass is 35.5. The first-order valence-electron chi connectivity index (χ1n) is 5.92. The first-order valence-corrected chi connectivity index (χ1v) is 5.92. The standard InChI is InChI=1S/C12H23NO2.ClH/c1-12(2,3)15-11(14)9-13-10-7-5-4-6-8-10;/h10,13H,4-9H2,1-3H3;1H. The van der Waals surface area contributed by atoms with Crippen molar-refractivity contribution in [2.75, 3.05) is 6.54 Å². The van der Waals surface area contributed by atoms with E-state index in [4.69, 9.17) is 4.74 Å². The molecule has 0 heterocycles. The van der Waals surface area contributed by atoms with Gasteiger partial charge >= 0.3 is 5.97 Å². The molecule has 3 nitrogen and oxygen atoms in total. The van der Waals surface area contributed by atoms with Crippen molar-refractivity contribution in [2.45, 2.75) is 64.5 Å². The molecule has 0 amide bonds. The maximum absolute atomic E-state index is 11.4. The summed E-state index contributed by atoms with van der Waals surface area (Å²) in [5, 5.41) is 3.27. The van der Waals surface area contributed by atoms with Crippen LogP contribution in [0.1, 0.15) is 52.9 Å². The molecule has 0 aromatic carbocycles. The fourth-order valence-electron chi connectivity index (χ4n) is 1.91. The van der Waals surface area contributed by atoms with E-state index >= 15 is 0 Å². The average molecular weight is 250 g/mol. The molecule has 0 aromatic heterocycles. The fourth-order valence-corrected chi connectivity index (χ4v) is 1.91. The number of hydrogen-bond donors (Lipinski definition) is 1.